The third-order valence-electron chi connectivity index (χ3n) is 8.85. The van der Waals surface area contributed by atoms with Crippen LogP contribution in [0.5, 0.6) is 0 Å². The Morgan fingerprint density at radius 1 is 0.976 bits per heavy atom. The predicted octanol–water partition coefficient (Wildman–Crippen LogP) is 3.58. The Kier molecular flexibility index (Phi) is 7.02. The first-order valence-corrected chi connectivity index (χ1v) is 15.6. The van der Waals surface area contributed by atoms with Crippen LogP contribution in [0.2, 0.25) is 0 Å². The lowest BCUT2D eigenvalue weighted by Gasteiger charge is -2.35. The van der Waals surface area contributed by atoms with E-state index in [-0.39, 0.29) is 25.9 Å². The van der Waals surface area contributed by atoms with Crippen LogP contribution in [-0.2, 0) is 10.0 Å². The van der Waals surface area contributed by atoms with Gasteiger partial charge in [0.1, 0.15) is 16.8 Å². The van der Waals surface area contributed by atoms with Crippen LogP contribution in [0.15, 0.2) is 36.5 Å². The standard InChI is InChI=1S/C28H35F2N7O3S/c1-19-14-21(16-26(32-19)36-12-8-28(29,30)9-13-36)22-17-37(34-33-22)23-3-2-20(25(18-38)41(31,39)40)15-24(23)35-10-6-27(4-5-27)7-11-35/h2-3,14-17,25,38H,4-13,18H2,1H3,(H2,31,39,40). The van der Waals surface area contributed by atoms with Gasteiger partial charge in [0, 0.05) is 50.3 Å². The molecule has 10 nitrogen and oxygen atoms in total. The highest BCUT2D eigenvalue weighted by atomic mass is 32.2. The number of hydrogen-bond acceptors (Lipinski definition) is 8. The number of anilines is 2. The lowest BCUT2D eigenvalue weighted by atomic mass is 9.93. The molecule has 6 rings (SSSR count). The second kappa shape index (κ2) is 10.3. The number of nitrogens with two attached hydrogens (primary N) is 1. The summed E-state index contributed by atoms with van der Waals surface area (Å²) in [5.41, 5.74) is 4.52. The van der Waals surface area contributed by atoms with E-state index < -0.39 is 27.8 Å². The molecule has 0 radical (unpaired) electrons. The van der Waals surface area contributed by atoms with Gasteiger partial charge >= 0.3 is 0 Å². The van der Waals surface area contributed by atoms with Crippen LogP contribution in [0.1, 0.15) is 55.0 Å². The van der Waals surface area contributed by atoms with Crippen LogP contribution in [0.4, 0.5) is 20.3 Å². The van der Waals surface area contributed by atoms with Crippen molar-refractivity contribution in [2.24, 2.45) is 10.6 Å². The van der Waals surface area contributed by atoms with Gasteiger partial charge in [-0.2, -0.15) is 0 Å². The third-order valence-corrected chi connectivity index (χ3v) is 10.1. The molecular weight excluding hydrogens is 552 g/mol. The number of aliphatic hydroxyl groups excluding tert-OH is 1. The Labute approximate surface area is 238 Å². The van der Waals surface area contributed by atoms with Gasteiger partial charge in [-0.1, -0.05) is 11.3 Å². The lowest BCUT2D eigenvalue weighted by molar-refractivity contribution is -0.0221. The van der Waals surface area contributed by atoms with Gasteiger partial charge in [-0.15, -0.1) is 5.10 Å². The summed E-state index contributed by atoms with van der Waals surface area (Å²) in [7, 11) is -4.01. The molecule has 2 aromatic heterocycles. The molecule has 1 spiro atoms. The maximum Gasteiger partial charge on any atom is 0.251 e. The van der Waals surface area contributed by atoms with E-state index in [1.807, 2.05) is 24.0 Å². The van der Waals surface area contributed by atoms with Crippen LogP contribution >= 0.6 is 0 Å². The molecule has 3 fully saturated rings. The normalized spacial score (nSPS) is 20.8. The SMILES string of the molecule is Cc1cc(-c2cn(-c3ccc(C(CO)S(N)(=O)=O)cc3N3CCC4(CC3)CC4)nn2)cc(N2CCC(F)(F)CC2)n1. The number of nitrogens with zero attached hydrogens (tertiary/aromatic N) is 6. The fourth-order valence-electron chi connectivity index (χ4n) is 6.02. The summed E-state index contributed by atoms with van der Waals surface area (Å²) >= 11 is 0. The van der Waals surface area contributed by atoms with Crippen molar-refractivity contribution in [1.82, 2.24) is 20.0 Å². The molecule has 41 heavy (non-hydrogen) atoms. The van der Waals surface area contributed by atoms with E-state index >= 15 is 0 Å². The van der Waals surface area contributed by atoms with Gasteiger partial charge in [-0.05, 0) is 67.9 Å². The molecule has 0 bridgehead atoms. The number of alkyl halides is 2. The van der Waals surface area contributed by atoms with E-state index in [4.69, 9.17) is 5.14 Å². The molecule has 1 aromatic carbocycles. The second-order valence-electron chi connectivity index (χ2n) is 11.7. The Morgan fingerprint density at radius 3 is 2.29 bits per heavy atom. The number of pyridine rings is 1. The van der Waals surface area contributed by atoms with Gasteiger partial charge in [0.2, 0.25) is 10.0 Å². The molecule has 3 N–H and O–H groups in total. The van der Waals surface area contributed by atoms with Crippen LogP contribution in [0.3, 0.4) is 0 Å². The lowest BCUT2D eigenvalue weighted by Crippen LogP contribution is -2.39. The number of aliphatic hydroxyl groups is 1. The highest BCUT2D eigenvalue weighted by molar-refractivity contribution is 7.89. The molecule has 2 aliphatic heterocycles. The second-order valence-corrected chi connectivity index (χ2v) is 13.5. The number of aryl methyl sites for hydroxylation is 1. The van der Waals surface area contributed by atoms with Crippen molar-refractivity contribution in [2.75, 3.05) is 42.6 Å². The molecule has 3 aliphatic rings. The molecule has 1 atom stereocenters. The van der Waals surface area contributed by atoms with Gasteiger partial charge < -0.3 is 14.9 Å². The zero-order valence-corrected chi connectivity index (χ0v) is 23.8. The van der Waals surface area contributed by atoms with E-state index in [0.29, 0.717) is 22.5 Å². The van der Waals surface area contributed by atoms with Gasteiger partial charge in [0.05, 0.1) is 24.2 Å². The molecule has 220 valence electrons. The van der Waals surface area contributed by atoms with Crippen molar-refractivity contribution in [3.05, 3.63) is 47.8 Å². The summed E-state index contributed by atoms with van der Waals surface area (Å²) in [6, 6.07) is 8.96. The Balaban J connectivity index is 1.33. The summed E-state index contributed by atoms with van der Waals surface area (Å²) < 4.78 is 53.5. The molecule has 0 amide bonds. The zero-order valence-electron chi connectivity index (χ0n) is 23.0. The molecular formula is C28H35F2N7O3S. The summed E-state index contributed by atoms with van der Waals surface area (Å²) in [6.07, 6.45) is 6.05. The Morgan fingerprint density at radius 2 is 1.66 bits per heavy atom. The Bertz CT molecular complexity index is 1540. The summed E-state index contributed by atoms with van der Waals surface area (Å²) in [6.45, 7) is 3.37. The van der Waals surface area contributed by atoms with Crippen LogP contribution in [0, 0.1) is 12.3 Å². The number of sulfonamides is 1. The van der Waals surface area contributed by atoms with Gasteiger partial charge in [0.15, 0.2) is 0 Å². The number of piperidine rings is 2. The number of primary sulfonamides is 1. The van der Waals surface area contributed by atoms with Crippen molar-refractivity contribution < 1.29 is 22.3 Å². The predicted molar refractivity (Wildman–Crippen MR) is 152 cm³/mol. The topological polar surface area (TPSA) is 130 Å². The average molecular weight is 588 g/mol. The molecule has 1 aliphatic carbocycles. The zero-order chi connectivity index (χ0) is 29.0. The first-order chi connectivity index (χ1) is 19.5. The maximum absolute atomic E-state index is 13.7. The quantitative estimate of drug-likeness (QED) is 0.429. The van der Waals surface area contributed by atoms with Crippen molar-refractivity contribution in [1.29, 1.82) is 0 Å². The molecule has 1 unspecified atom stereocenters. The number of aromatic nitrogens is 4. The fourth-order valence-corrected chi connectivity index (χ4v) is 6.76. The van der Waals surface area contributed by atoms with Crippen LogP contribution in [-0.4, -0.2) is 72.2 Å². The summed E-state index contributed by atoms with van der Waals surface area (Å²) in [5, 5.41) is 22.9. The molecule has 2 saturated heterocycles. The van der Waals surface area contributed by atoms with Crippen molar-refractivity contribution >= 4 is 21.5 Å². The molecule has 13 heteroatoms. The van der Waals surface area contributed by atoms with Gasteiger partial charge in [-0.3, -0.25) is 0 Å². The minimum Gasteiger partial charge on any atom is -0.395 e. The molecule has 3 aromatic rings. The van der Waals surface area contributed by atoms with E-state index in [0.717, 1.165) is 48.6 Å². The van der Waals surface area contributed by atoms with Crippen molar-refractivity contribution in [3.8, 4) is 16.9 Å². The fraction of sp³-hybridized carbons (Fsp3) is 0.536. The van der Waals surface area contributed by atoms with Crippen molar-refractivity contribution in [3.63, 3.8) is 0 Å². The first-order valence-electron chi connectivity index (χ1n) is 14.0. The summed E-state index contributed by atoms with van der Waals surface area (Å²) in [4.78, 5) is 8.70. The smallest absolute Gasteiger partial charge is 0.251 e. The molecule has 4 heterocycles. The number of hydrogen-bond donors (Lipinski definition) is 2. The monoisotopic (exact) mass is 587 g/mol. The highest BCUT2D eigenvalue weighted by Gasteiger charge is 2.44. The van der Waals surface area contributed by atoms with Crippen LogP contribution < -0.4 is 14.9 Å². The Hall–Kier alpha value is -3.16. The van der Waals surface area contributed by atoms with Crippen molar-refractivity contribution in [2.45, 2.75) is 56.6 Å². The third kappa shape index (κ3) is 5.80. The largest absolute Gasteiger partial charge is 0.395 e. The van der Waals surface area contributed by atoms with Crippen LogP contribution in [0.25, 0.3) is 16.9 Å². The minimum absolute atomic E-state index is 0.201. The van der Waals surface area contributed by atoms with E-state index in [2.05, 4.69) is 20.2 Å². The van der Waals surface area contributed by atoms with E-state index in [1.54, 1.807) is 29.1 Å². The van der Waals surface area contributed by atoms with Gasteiger partial charge in [-0.25, -0.2) is 32.0 Å². The highest BCUT2D eigenvalue weighted by Crippen LogP contribution is 2.54. The van der Waals surface area contributed by atoms with E-state index in [1.165, 1.54) is 12.8 Å². The number of rotatable bonds is 7. The number of benzene rings is 1. The first kappa shape index (κ1) is 28.0. The van der Waals surface area contributed by atoms with E-state index in [9.17, 15) is 22.3 Å². The minimum atomic E-state index is -4.01. The average Bonchev–Trinajstić information content (AvgIpc) is 3.48. The molecule has 1 saturated carbocycles. The summed E-state index contributed by atoms with van der Waals surface area (Å²) in [5.74, 6) is -2.01. The van der Waals surface area contributed by atoms with Gasteiger partial charge in [0.25, 0.3) is 5.92 Å². The maximum atomic E-state index is 13.7. The number of halogens is 2.